The number of hydrogen-bond donors (Lipinski definition) is 1. The number of nitrogens with one attached hydrogen (secondary N) is 1. The Labute approximate surface area is 98.6 Å². The van der Waals surface area contributed by atoms with Crippen LogP contribution >= 0.6 is 0 Å². The van der Waals surface area contributed by atoms with Crippen LogP contribution in [0.25, 0.3) is 0 Å². The van der Waals surface area contributed by atoms with Gasteiger partial charge in [-0.2, -0.15) is 5.26 Å². The molecule has 0 aromatic rings. The highest BCUT2D eigenvalue weighted by Crippen LogP contribution is 2.13. The molecule has 1 fully saturated rings. The summed E-state index contributed by atoms with van der Waals surface area (Å²) in [5, 5.41) is 12.1. The van der Waals surface area contributed by atoms with Gasteiger partial charge in [-0.25, -0.2) is 0 Å². The van der Waals surface area contributed by atoms with E-state index >= 15 is 0 Å². The molecule has 4 nitrogen and oxygen atoms in total. The molecule has 1 N–H and O–H groups in total. The van der Waals surface area contributed by atoms with Gasteiger partial charge in [0.1, 0.15) is 0 Å². The Bertz CT molecular complexity index is 219. The first-order chi connectivity index (χ1) is 7.80. The molecule has 0 aromatic heterocycles. The SMILES string of the molecule is CCNC(C#N)CCN1CCC(OC)CC1. The van der Waals surface area contributed by atoms with E-state index in [-0.39, 0.29) is 6.04 Å². The number of methoxy groups -OCH3 is 1. The first-order valence-corrected chi connectivity index (χ1v) is 6.18. The second kappa shape index (κ2) is 7.61. The summed E-state index contributed by atoms with van der Waals surface area (Å²) >= 11 is 0. The van der Waals surface area contributed by atoms with Gasteiger partial charge >= 0.3 is 0 Å². The van der Waals surface area contributed by atoms with Crippen LogP contribution in [0, 0.1) is 11.3 Å². The minimum atomic E-state index is 0.00477. The Hall–Kier alpha value is -0.630. The van der Waals surface area contributed by atoms with Crippen molar-refractivity contribution in [3.8, 4) is 6.07 Å². The molecule has 0 aromatic carbocycles. The fourth-order valence-electron chi connectivity index (χ4n) is 2.14. The van der Waals surface area contributed by atoms with E-state index in [9.17, 15) is 0 Å². The van der Waals surface area contributed by atoms with Crippen LogP contribution in [-0.2, 0) is 4.74 Å². The smallest absolute Gasteiger partial charge is 0.0965 e. The van der Waals surface area contributed by atoms with E-state index in [1.807, 2.05) is 6.92 Å². The summed E-state index contributed by atoms with van der Waals surface area (Å²) in [6, 6.07) is 2.30. The summed E-state index contributed by atoms with van der Waals surface area (Å²) in [7, 11) is 1.79. The second-order valence-corrected chi connectivity index (χ2v) is 4.30. The van der Waals surface area contributed by atoms with Gasteiger partial charge in [-0.05, 0) is 25.8 Å². The largest absolute Gasteiger partial charge is 0.381 e. The van der Waals surface area contributed by atoms with Gasteiger partial charge in [-0.15, -0.1) is 0 Å². The molecule has 16 heavy (non-hydrogen) atoms. The van der Waals surface area contributed by atoms with Gasteiger partial charge in [0.15, 0.2) is 0 Å². The van der Waals surface area contributed by atoms with Crippen LogP contribution < -0.4 is 5.32 Å². The van der Waals surface area contributed by atoms with Crippen molar-refractivity contribution >= 4 is 0 Å². The minimum Gasteiger partial charge on any atom is -0.381 e. The Morgan fingerprint density at radius 3 is 2.69 bits per heavy atom. The Morgan fingerprint density at radius 2 is 2.19 bits per heavy atom. The van der Waals surface area contributed by atoms with E-state index in [2.05, 4.69) is 16.3 Å². The summed E-state index contributed by atoms with van der Waals surface area (Å²) in [6.45, 7) is 6.12. The standard InChI is InChI=1S/C12H23N3O/c1-3-14-11(10-13)4-7-15-8-5-12(16-2)6-9-15/h11-12,14H,3-9H2,1-2H3. The van der Waals surface area contributed by atoms with Gasteiger partial charge in [0.05, 0.1) is 18.2 Å². The number of rotatable bonds is 6. The van der Waals surface area contributed by atoms with Gasteiger partial charge < -0.3 is 15.0 Å². The van der Waals surface area contributed by atoms with Crippen molar-refractivity contribution in [2.45, 2.75) is 38.3 Å². The molecule has 1 saturated heterocycles. The van der Waals surface area contributed by atoms with Crippen molar-refractivity contribution in [1.29, 1.82) is 5.26 Å². The van der Waals surface area contributed by atoms with Gasteiger partial charge in [0.2, 0.25) is 0 Å². The Morgan fingerprint density at radius 1 is 1.50 bits per heavy atom. The van der Waals surface area contributed by atoms with E-state index in [4.69, 9.17) is 10.00 Å². The lowest BCUT2D eigenvalue weighted by atomic mass is 10.1. The lowest BCUT2D eigenvalue weighted by Crippen LogP contribution is -2.39. The third-order valence-corrected chi connectivity index (χ3v) is 3.21. The fraction of sp³-hybridized carbons (Fsp3) is 0.917. The van der Waals surface area contributed by atoms with Crippen molar-refractivity contribution in [3.05, 3.63) is 0 Å². The molecule has 1 aliphatic rings. The molecule has 92 valence electrons. The number of ether oxygens (including phenoxy) is 1. The van der Waals surface area contributed by atoms with Crippen LogP contribution in [0.4, 0.5) is 0 Å². The summed E-state index contributed by atoms with van der Waals surface area (Å²) in [5.41, 5.74) is 0. The predicted molar refractivity (Wildman–Crippen MR) is 64.2 cm³/mol. The lowest BCUT2D eigenvalue weighted by molar-refractivity contribution is 0.0405. The van der Waals surface area contributed by atoms with Crippen LogP contribution in [0.1, 0.15) is 26.2 Å². The van der Waals surface area contributed by atoms with E-state index in [0.717, 1.165) is 45.4 Å². The second-order valence-electron chi connectivity index (χ2n) is 4.30. The van der Waals surface area contributed by atoms with Crippen molar-refractivity contribution in [1.82, 2.24) is 10.2 Å². The molecule has 4 heteroatoms. The van der Waals surface area contributed by atoms with Gasteiger partial charge in [0, 0.05) is 26.7 Å². The molecule has 0 spiro atoms. The maximum absolute atomic E-state index is 8.92. The zero-order chi connectivity index (χ0) is 11.8. The van der Waals surface area contributed by atoms with E-state index in [1.54, 1.807) is 7.11 Å². The van der Waals surface area contributed by atoms with Crippen LogP contribution in [0.2, 0.25) is 0 Å². The third kappa shape index (κ3) is 4.48. The molecule has 1 heterocycles. The van der Waals surface area contributed by atoms with Crippen LogP contribution in [0.3, 0.4) is 0 Å². The number of hydrogen-bond acceptors (Lipinski definition) is 4. The van der Waals surface area contributed by atoms with Crippen LogP contribution in [-0.4, -0.2) is 50.3 Å². The van der Waals surface area contributed by atoms with E-state index < -0.39 is 0 Å². The van der Waals surface area contributed by atoms with Gasteiger partial charge in [-0.3, -0.25) is 0 Å². The minimum absolute atomic E-state index is 0.00477. The van der Waals surface area contributed by atoms with Crippen LogP contribution in [0.15, 0.2) is 0 Å². The Balaban J connectivity index is 2.16. The number of likely N-dealkylation sites (tertiary alicyclic amines) is 1. The molecule has 0 aliphatic carbocycles. The molecule has 1 rings (SSSR count). The highest BCUT2D eigenvalue weighted by Gasteiger charge is 2.19. The van der Waals surface area contributed by atoms with Crippen molar-refractivity contribution in [2.24, 2.45) is 0 Å². The third-order valence-electron chi connectivity index (χ3n) is 3.21. The number of nitriles is 1. The molecule has 1 atom stereocenters. The molecular formula is C12H23N3O. The quantitative estimate of drug-likeness (QED) is 0.732. The van der Waals surface area contributed by atoms with Crippen molar-refractivity contribution in [2.75, 3.05) is 33.3 Å². The van der Waals surface area contributed by atoms with Crippen LogP contribution in [0.5, 0.6) is 0 Å². The topological polar surface area (TPSA) is 48.3 Å². The molecule has 0 radical (unpaired) electrons. The zero-order valence-corrected chi connectivity index (χ0v) is 10.4. The highest BCUT2D eigenvalue weighted by atomic mass is 16.5. The summed E-state index contributed by atoms with van der Waals surface area (Å²) < 4.78 is 5.33. The van der Waals surface area contributed by atoms with Crippen molar-refractivity contribution in [3.63, 3.8) is 0 Å². The first kappa shape index (κ1) is 13.4. The highest BCUT2D eigenvalue weighted by molar-refractivity contribution is 4.90. The number of nitrogens with zero attached hydrogens (tertiary/aromatic N) is 2. The van der Waals surface area contributed by atoms with E-state index in [1.165, 1.54) is 0 Å². The maximum atomic E-state index is 8.92. The first-order valence-electron chi connectivity index (χ1n) is 6.18. The average Bonchev–Trinajstić information content (AvgIpc) is 2.35. The molecule has 0 bridgehead atoms. The Kier molecular flexibility index (Phi) is 6.39. The average molecular weight is 225 g/mol. The monoisotopic (exact) mass is 225 g/mol. The fourth-order valence-corrected chi connectivity index (χ4v) is 2.14. The normalized spacial score (nSPS) is 20.6. The summed E-state index contributed by atoms with van der Waals surface area (Å²) in [4.78, 5) is 2.43. The zero-order valence-electron chi connectivity index (χ0n) is 10.4. The number of piperidine rings is 1. The lowest BCUT2D eigenvalue weighted by Gasteiger charge is -2.31. The molecule has 0 saturated carbocycles. The van der Waals surface area contributed by atoms with Gasteiger partial charge in [0.25, 0.3) is 0 Å². The predicted octanol–water partition coefficient (Wildman–Crippen LogP) is 0.989. The summed E-state index contributed by atoms with van der Waals surface area (Å²) in [5.74, 6) is 0. The molecular weight excluding hydrogens is 202 g/mol. The van der Waals surface area contributed by atoms with E-state index in [0.29, 0.717) is 6.10 Å². The molecule has 0 amide bonds. The van der Waals surface area contributed by atoms with Crippen molar-refractivity contribution < 1.29 is 4.74 Å². The maximum Gasteiger partial charge on any atom is 0.0965 e. The van der Waals surface area contributed by atoms with Gasteiger partial charge in [-0.1, -0.05) is 6.92 Å². The summed E-state index contributed by atoms with van der Waals surface area (Å²) in [6.07, 6.45) is 3.60. The molecule has 1 unspecified atom stereocenters. The molecule has 1 aliphatic heterocycles.